The molecule has 3 rings (SSSR count). The summed E-state index contributed by atoms with van der Waals surface area (Å²) in [4.78, 5) is 21.6. The summed E-state index contributed by atoms with van der Waals surface area (Å²) >= 11 is 6.05. The van der Waals surface area contributed by atoms with Crippen LogP contribution in [-0.4, -0.2) is 25.5 Å². The fourth-order valence-corrected chi connectivity index (χ4v) is 3.29. The average Bonchev–Trinajstić information content (AvgIpc) is 2.91. The van der Waals surface area contributed by atoms with Gasteiger partial charge >= 0.3 is 0 Å². The minimum absolute atomic E-state index is 0.0996. The number of benzene rings is 1. The van der Waals surface area contributed by atoms with E-state index in [1.165, 1.54) is 0 Å². The molecule has 0 radical (unpaired) electrons. The number of carbonyl (C=O) groups excluding carboxylic acids is 1. The van der Waals surface area contributed by atoms with Crippen molar-refractivity contribution >= 4 is 34.6 Å². The Morgan fingerprint density at radius 1 is 1.11 bits per heavy atom. The van der Waals surface area contributed by atoms with Gasteiger partial charge in [0.1, 0.15) is 10.7 Å². The summed E-state index contributed by atoms with van der Waals surface area (Å²) in [6.07, 6.45) is -0.0996. The van der Waals surface area contributed by atoms with Crippen LogP contribution in [0.25, 0.3) is 11.2 Å². The highest BCUT2D eigenvalue weighted by molar-refractivity contribution is 6.29. The van der Waals surface area contributed by atoms with E-state index in [0.717, 1.165) is 5.56 Å². The summed E-state index contributed by atoms with van der Waals surface area (Å²) in [5, 5.41) is 14.0. The van der Waals surface area contributed by atoms with E-state index in [9.17, 15) is 9.90 Å². The molecule has 3 aromatic rings. The normalized spacial score (nSPS) is 14.1. The molecule has 1 atom stereocenters. The van der Waals surface area contributed by atoms with E-state index in [-0.39, 0.29) is 17.9 Å². The number of aryl methyl sites for hydroxylation is 1. The monoisotopic (exact) mass is 400 g/mol. The van der Waals surface area contributed by atoms with Gasteiger partial charge in [-0.1, -0.05) is 41.4 Å². The summed E-state index contributed by atoms with van der Waals surface area (Å²) in [6.45, 7) is 9.59. The minimum atomic E-state index is -1.29. The lowest BCUT2D eigenvalue weighted by Gasteiger charge is -2.26. The Balaban J connectivity index is 1.90. The number of nitrogens with one attached hydrogen (secondary N) is 1. The van der Waals surface area contributed by atoms with Crippen molar-refractivity contribution in [2.45, 2.75) is 52.2 Å². The second kappa shape index (κ2) is 7.18. The predicted molar refractivity (Wildman–Crippen MR) is 112 cm³/mol. The summed E-state index contributed by atoms with van der Waals surface area (Å²) < 4.78 is 1.84. The summed E-state index contributed by atoms with van der Waals surface area (Å²) in [6, 6.07) is 10.9. The first-order chi connectivity index (χ1) is 13.0. The maximum Gasteiger partial charge on any atom is 0.229 e. The van der Waals surface area contributed by atoms with Gasteiger partial charge in [-0.15, -0.1) is 0 Å². The first kappa shape index (κ1) is 20.3. The third kappa shape index (κ3) is 4.18. The number of fused-ring (bicyclic) bond motifs is 1. The first-order valence-electron chi connectivity index (χ1n) is 9.12. The minimum Gasteiger partial charge on any atom is -0.385 e. The van der Waals surface area contributed by atoms with E-state index in [0.29, 0.717) is 27.8 Å². The molecule has 0 unspecified atom stereocenters. The van der Waals surface area contributed by atoms with Gasteiger partial charge in [-0.25, -0.2) is 9.97 Å². The standard InChI is InChI=1S/C21H25ClN4O2/c1-13-6-8-14(9-7-13)21(5,28)12-17(27)25-19-23-15-10-11-16(22)24-18(15)26(19)20(2,3)4/h6-11,28H,12H2,1-5H3,(H,23,25,27)/t21-/m0/s1. The molecule has 0 saturated heterocycles. The largest absolute Gasteiger partial charge is 0.385 e. The Morgan fingerprint density at radius 3 is 2.36 bits per heavy atom. The van der Waals surface area contributed by atoms with E-state index < -0.39 is 5.60 Å². The van der Waals surface area contributed by atoms with Crippen LogP contribution in [0.15, 0.2) is 36.4 Å². The number of pyridine rings is 1. The Labute approximate surface area is 169 Å². The van der Waals surface area contributed by atoms with E-state index in [1.807, 2.05) is 56.5 Å². The van der Waals surface area contributed by atoms with Crippen LogP contribution in [0.4, 0.5) is 5.95 Å². The molecule has 6 nitrogen and oxygen atoms in total. The number of carbonyl (C=O) groups is 1. The molecule has 2 heterocycles. The molecule has 28 heavy (non-hydrogen) atoms. The van der Waals surface area contributed by atoms with E-state index in [2.05, 4.69) is 15.3 Å². The van der Waals surface area contributed by atoms with Gasteiger partial charge in [-0.05, 0) is 52.3 Å². The highest BCUT2D eigenvalue weighted by atomic mass is 35.5. The zero-order valence-corrected chi connectivity index (χ0v) is 17.5. The SMILES string of the molecule is Cc1ccc([C@@](C)(O)CC(=O)Nc2nc3ccc(Cl)nc3n2C(C)(C)C)cc1. The molecule has 148 valence electrons. The fourth-order valence-electron chi connectivity index (χ4n) is 3.15. The maximum absolute atomic E-state index is 12.7. The van der Waals surface area contributed by atoms with Crippen LogP contribution in [0.2, 0.25) is 5.15 Å². The van der Waals surface area contributed by atoms with Crippen molar-refractivity contribution in [3.63, 3.8) is 0 Å². The number of rotatable bonds is 4. The average molecular weight is 401 g/mol. The summed E-state index contributed by atoms with van der Waals surface area (Å²) in [7, 11) is 0. The number of imidazole rings is 1. The smallest absolute Gasteiger partial charge is 0.229 e. The second-order valence-corrected chi connectivity index (χ2v) is 8.67. The highest BCUT2D eigenvalue weighted by Crippen LogP contribution is 2.29. The molecule has 1 amide bonds. The zero-order valence-electron chi connectivity index (χ0n) is 16.7. The lowest BCUT2D eigenvalue weighted by atomic mass is 9.91. The van der Waals surface area contributed by atoms with Gasteiger partial charge in [0.15, 0.2) is 5.65 Å². The lowest BCUT2D eigenvalue weighted by Crippen LogP contribution is -2.31. The number of hydrogen-bond acceptors (Lipinski definition) is 4. The molecule has 0 aliphatic heterocycles. The van der Waals surface area contributed by atoms with Crippen LogP contribution in [0, 0.1) is 6.92 Å². The van der Waals surface area contributed by atoms with Crippen LogP contribution in [0.3, 0.4) is 0 Å². The van der Waals surface area contributed by atoms with Gasteiger partial charge in [0.25, 0.3) is 0 Å². The Bertz CT molecular complexity index is 1020. The second-order valence-electron chi connectivity index (χ2n) is 8.28. The van der Waals surface area contributed by atoms with E-state index in [1.54, 1.807) is 19.1 Å². The molecule has 0 aliphatic carbocycles. The number of aliphatic hydroxyl groups is 1. The quantitative estimate of drug-likeness (QED) is 0.636. The molecular weight excluding hydrogens is 376 g/mol. The van der Waals surface area contributed by atoms with Crippen molar-refractivity contribution in [1.82, 2.24) is 14.5 Å². The molecule has 1 aromatic carbocycles. The van der Waals surface area contributed by atoms with Crippen molar-refractivity contribution < 1.29 is 9.90 Å². The van der Waals surface area contributed by atoms with Gasteiger partial charge in [0.05, 0.1) is 12.0 Å². The zero-order chi connectivity index (χ0) is 20.7. The van der Waals surface area contributed by atoms with Crippen molar-refractivity contribution in [3.8, 4) is 0 Å². The third-order valence-corrected chi connectivity index (χ3v) is 4.78. The number of nitrogens with zero attached hydrogens (tertiary/aromatic N) is 3. The van der Waals surface area contributed by atoms with Gasteiger partial charge in [0, 0.05) is 5.54 Å². The summed E-state index contributed by atoms with van der Waals surface area (Å²) in [5.74, 6) is 0.0412. The highest BCUT2D eigenvalue weighted by Gasteiger charge is 2.29. The van der Waals surface area contributed by atoms with Crippen LogP contribution in [0.5, 0.6) is 0 Å². The van der Waals surface area contributed by atoms with Crippen LogP contribution in [0.1, 0.15) is 45.2 Å². The van der Waals surface area contributed by atoms with E-state index >= 15 is 0 Å². The number of aromatic nitrogens is 3. The fraction of sp³-hybridized carbons (Fsp3) is 0.381. The molecule has 2 aromatic heterocycles. The molecule has 0 fully saturated rings. The third-order valence-electron chi connectivity index (χ3n) is 4.57. The van der Waals surface area contributed by atoms with Crippen LogP contribution < -0.4 is 5.32 Å². The van der Waals surface area contributed by atoms with E-state index in [4.69, 9.17) is 11.6 Å². The Morgan fingerprint density at radius 2 is 1.75 bits per heavy atom. The van der Waals surface area contributed by atoms with Crippen LogP contribution in [-0.2, 0) is 15.9 Å². The first-order valence-corrected chi connectivity index (χ1v) is 9.50. The number of anilines is 1. The number of halogens is 1. The van der Waals surface area contributed by atoms with Crippen LogP contribution >= 0.6 is 11.6 Å². The van der Waals surface area contributed by atoms with Crippen molar-refractivity contribution in [2.24, 2.45) is 0 Å². The molecule has 0 aliphatic rings. The molecular formula is C21H25ClN4O2. The topological polar surface area (TPSA) is 80.0 Å². The Hall–Kier alpha value is -2.44. The van der Waals surface area contributed by atoms with Gasteiger partial charge < -0.3 is 5.11 Å². The van der Waals surface area contributed by atoms with Gasteiger partial charge in [0.2, 0.25) is 11.9 Å². The van der Waals surface area contributed by atoms with Gasteiger partial charge in [-0.3, -0.25) is 14.7 Å². The predicted octanol–water partition coefficient (Wildman–Crippen LogP) is 4.38. The molecule has 7 heteroatoms. The van der Waals surface area contributed by atoms with Gasteiger partial charge in [-0.2, -0.15) is 0 Å². The van der Waals surface area contributed by atoms with Crippen molar-refractivity contribution in [2.75, 3.05) is 5.32 Å². The molecule has 0 bridgehead atoms. The number of hydrogen-bond donors (Lipinski definition) is 2. The van der Waals surface area contributed by atoms with Crippen molar-refractivity contribution in [1.29, 1.82) is 0 Å². The van der Waals surface area contributed by atoms with Crippen molar-refractivity contribution in [3.05, 3.63) is 52.7 Å². The lowest BCUT2D eigenvalue weighted by molar-refractivity contribution is -0.120. The number of amides is 1. The maximum atomic E-state index is 12.7. The molecule has 0 saturated carbocycles. The molecule has 2 N–H and O–H groups in total. The Kier molecular flexibility index (Phi) is 5.21. The summed E-state index contributed by atoms with van der Waals surface area (Å²) in [5.41, 5.74) is 1.34. The molecule has 0 spiro atoms.